The summed E-state index contributed by atoms with van der Waals surface area (Å²) in [5.41, 5.74) is 2.14. The van der Waals surface area contributed by atoms with Crippen molar-refractivity contribution in [3.05, 3.63) is 29.3 Å². The fourth-order valence-corrected chi connectivity index (χ4v) is 4.99. The molecule has 3 atom stereocenters. The largest absolute Gasteiger partial charge is 0.491 e. The second-order valence-electron chi connectivity index (χ2n) is 8.61. The van der Waals surface area contributed by atoms with E-state index in [2.05, 4.69) is 24.8 Å². The molecule has 4 nitrogen and oxygen atoms in total. The van der Waals surface area contributed by atoms with Crippen LogP contribution in [0.1, 0.15) is 55.5 Å². The minimum absolute atomic E-state index is 0.0346. The van der Waals surface area contributed by atoms with E-state index in [4.69, 9.17) is 9.47 Å². The van der Waals surface area contributed by atoms with Crippen LogP contribution >= 0.6 is 0 Å². The smallest absolute Gasteiger partial charge is 0.180 e. The van der Waals surface area contributed by atoms with E-state index in [1.165, 1.54) is 18.4 Å². The van der Waals surface area contributed by atoms with E-state index < -0.39 is 0 Å². The standard InChI is InChI=1S/C22H31NO3/c1-15-20-21(24)18-8-7-17(26-12-11-25-3)13-19(18)22(15,2)9-4-10-23(20)14-16-5-6-16/h7-8,13,15-16,20H,4-6,9-12,14H2,1-3H3/t15-,20-,22+/m0/s1. The highest BCUT2D eigenvalue weighted by Gasteiger charge is 2.51. The Morgan fingerprint density at radius 3 is 2.81 bits per heavy atom. The van der Waals surface area contributed by atoms with E-state index in [-0.39, 0.29) is 11.5 Å². The molecule has 0 spiro atoms. The summed E-state index contributed by atoms with van der Waals surface area (Å²) in [4.78, 5) is 15.9. The second kappa shape index (κ2) is 6.97. The lowest BCUT2D eigenvalue weighted by molar-refractivity contribution is 0.0642. The number of carbonyl (C=O) groups is 1. The molecular formula is C22H31NO3. The first kappa shape index (κ1) is 18.0. The molecule has 26 heavy (non-hydrogen) atoms. The van der Waals surface area contributed by atoms with Crippen molar-refractivity contribution in [2.45, 2.75) is 51.0 Å². The Balaban J connectivity index is 1.68. The van der Waals surface area contributed by atoms with Crippen LogP contribution in [0.25, 0.3) is 0 Å². The van der Waals surface area contributed by atoms with Crippen molar-refractivity contribution >= 4 is 5.78 Å². The molecular weight excluding hydrogens is 326 g/mol. The molecule has 1 aromatic rings. The van der Waals surface area contributed by atoms with Gasteiger partial charge in [-0.05, 0) is 73.2 Å². The lowest BCUT2D eigenvalue weighted by atomic mass is 9.61. The van der Waals surface area contributed by atoms with Crippen molar-refractivity contribution in [3.63, 3.8) is 0 Å². The van der Waals surface area contributed by atoms with E-state index in [9.17, 15) is 4.79 Å². The number of fused-ring (bicyclic) bond motifs is 4. The van der Waals surface area contributed by atoms with Gasteiger partial charge in [0.1, 0.15) is 12.4 Å². The number of hydrogen-bond acceptors (Lipinski definition) is 4. The number of methoxy groups -OCH3 is 1. The molecule has 1 aliphatic heterocycles. The summed E-state index contributed by atoms with van der Waals surface area (Å²) in [6.07, 6.45) is 4.96. The fourth-order valence-electron chi connectivity index (χ4n) is 4.99. The van der Waals surface area contributed by atoms with Gasteiger partial charge in [0.05, 0.1) is 12.6 Å². The molecule has 4 heteroatoms. The molecule has 2 bridgehead atoms. The first-order valence-corrected chi connectivity index (χ1v) is 10.1. The summed E-state index contributed by atoms with van der Waals surface area (Å²) >= 11 is 0. The van der Waals surface area contributed by atoms with Crippen LogP contribution in [-0.2, 0) is 10.2 Å². The monoisotopic (exact) mass is 357 g/mol. The molecule has 2 aliphatic carbocycles. The van der Waals surface area contributed by atoms with Gasteiger partial charge in [-0.15, -0.1) is 0 Å². The number of carbonyl (C=O) groups excluding carboxylic acids is 1. The van der Waals surface area contributed by atoms with Gasteiger partial charge in [0.15, 0.2) is 5.78 Å². The van der Waals surface area contributed by atoms with Gasteiger partial charge in [-0.3, -0.25) is 9.69 Å². The number of nitrogens with zero attached hydrogens (tertiary/aromatic N) is 1. The molecule has 142 valence electrons. The topological polar surface area (TPSA) is 38.8 Å². The fraction of sp³-hybridized carbons (Fsp3) is 0.682. The molecule has 3 aliphatic rings. The Morgan fingerprint density at radius 1 is 1.27 bits per heavy atom. The van der Waals surface area contributed by atoms with Gasteiger partial charge >= 0.3 is 0 Å². The maximum atomic E-state index is 13.4. The van der Waals surface area contributed by atoms with E-state index in [0.29, 0.717) is 24.9 Å². The normalized spacial score (nSPS) is 31.4. The molecule has 0 radical (unpaired) electrons. The predicted octanol–water partition coefficient (Wildman–Crippen LogP) is 3.68. The molecule has 0 unspecified atom stereocenters. The molecule has 1 aromatic carbocycles. The highest BCUT2D eigenvalue weighted by Crippen LogP contribution is 2.49. The molecule has 0 N–H and O–H groups in total. The highest BCUT2D eigenvalue weighted by atomic mass is 16.5. The van der Waals surface area contributed by atoms with E-state index in [1.54, 1.807) is 7.11 Å². The summed E-state index contributed by atoms with van der Waals surface area (Å²) in [5.74, 6) is 2.31. The lowest BCUT2D eigenvalue weighted by Crippen LogP contribution is -2.53. The number of hydrogen-bond donors (Lipinski definition) is 0. The molecule has 0 aromatic heterocycles. The number of Topliss-reactive ketones (excluding diaryl/α,β-unsaturated/α-hetero) is 1. The van der Waals surface area contributed by atoms with Gasteiger partial charge in [0.25, 0.3) is 0 Å². The van der Waals surface area contributed by atoms with Crippen LogP contribution in [0.4, 0.5) is 0 Å². The van der Waals surface area contributed by atoms with Crippen molar-refractivity contribution in [1.82, 2.24) is 4.90 Å². The number of ether oxygens (including phenoxy) is 2. The van der Waals surface area contributed by atoms with Crippen molar-refractivity contribution in [3.8, 4) is 5.75 Å². The summed E-state index contributed by atoms with van der Waals surface area (Å²) in [5, 5.41) is 0. The third-order valence-electron chi connectivity index (χ3n) is 6.90. The van der Waals surface area contributed by atoms with Crippen molar-refractivity contribution in [2.75, 3.05) is 33.4 Å². The van der Waals surface area contributed by atoms with E-state index in [1.807, 2.05) is 12.1 Å². The molecule has 1 heterocycles. The average Bonchev–Trinajstić information content (AvgIpc) is 3.44. The highest BCUT2D eigenvalue weighted by molar-refractivity contribution is 6.03. The van der Waals surface area contributed by atoms with Gasteiger partial charge in [-0.25, -0.2) is 0 Å². The first-order valence-electron chi connectivity index (χ1n) is 10.1. The quantitative estimate of drug-likeness (QED) is 0.728. The second-order valence-corrected chi connectivity index (χ2v) is 8.61. The Labute approximate surface area is 156 Å². The Morgan fingerprint density at radius 2 is 2.08 bits per heavy atom. The third-order valence-corrected chi connectivity index (χ3v) is 6.90. The first-order chi connectivity index (χ1) is 12.5. The Hall–Kier alpha value is -1.39. The van der Waals surface area contributed by atoms with Crippen LogP contribution in [-0.4, -0.2) is 50.1 Å². The minimum atomic E-state index is 0.0346. The summed E-state index contributed by atoms with van der Waals surface area (Å²) in [6.45, 7) is 7.91. The van der Waals surface area contributed by atoms with Crippen LogP contribution in [0.5, 0.6) is 5.75 Å². The SMILES string of the molecule is COCCOc1ccc2c(c1)[C@]1(C)CCCN(CC3CC3)[C@H](C2=O)[C@@H]1C. The van der Waals surface area contributed by atoms with E-state index in [0.717, 1.165) is 43.2 Å². The molecule has 0 amide bonds. The third kappa shape index (κ3) is 3.07. The predicted molar refractivity (Wildman–Crippen MR) is 102 cm³/mol. The summed E-state index contributed by atoms with van der Waals surface area (Å²) in [7, 11) is 1.68. The maximum absolute atomic E-state index is 13.4. The van der Waals surface area contributed by atoms with Crippen molar-refractivity contribution in [2.24, 2.45) is 11.8 Å². The molecule has 1 saturated carbocycles. The van der Waals surface area contributed by atoms with Gasteiger partial charge in [-0.2, -0.15) is 0 Å². The number of benzene rings is 1. The van der Waals surface area contributed by atoms with E-state index >= 15 is 0 Å². The number of likely N-dealkylation sites (tertiary alicyclic amines) is 1. The van der Waals surface area contributed by atoms with Crippen molar-refractivity contribution < 1.29 is 14.3 Å². The Bertz CT molecular complexity index is 684. The molecule has 4 rings (SSSR count). The lowest BCUT2D eigenvalue weighted by Gasteiger charge is -2.46. The zero-order valence-corrected chi connectivity index (χ0v) is 16.3. The zero-order chi connectivity index (χ0) is 18.3. The number of ketones is 1. The van der Waals surface area contributed by atoms with Gasteiger partial charge in [-0.1, -0.05) is 13.8 Å². The average molecular weight is 357 g/mol. The van der Waals surface area contributed by atoms with Crippen LogP contribution in [0.15, 0.2) is 18.2 Å². The Kier molecular flexibility index (Phi) is 4.83. The van der Waals surface area contributed by atoms with Crippen LogP contribution in [0.3, 0.4) is 0 Å². The zero-order valence-electron chi connectivity index (χ0n) is 16.3. The maximum Gasteiger partial charge on any atom is 0.180 e. The van der Waals surface area contributed by atoms with Crippen LogP contribution in [0.2, 0.25) is 0 Å². The number of rotatable bonds is 6. The van der Waals surface area contributed by atoms with Gasteiger partial charge in [0, 0.05) is 19.2 Å². The molecule has 2 fully saturated rings. The van der Waals surface area contributed by atoms with Gasteiger partial charge in [0.2, 0.25) is 0 Å². The van der Waals surface area contributed by atoms with Crippen LogP contribution in [0, 0.1) is 11.8 Å². The minimum Gasteiger partial charge on any atom is -0.491 e. The van der Waals surface area contributed by atoms with Crippen LogP contribution < -0.4 is 4.74 Å². The van der Waals surface area contributed by atoms with Crippen molar-refractivity contribution in [1.29, 1.82) is 0 Å². The molecule has 1 saturated heterocycles. The summed E-state index contributed by atoms with van der Waals surface area (Å²) in [6, 6.07) is 6.10. The summed E-state index contributed by atoms with van der Waals surface area (Å²) < 4.78 is 10.9. The van der Waals surface area contributed by atoms with Gasteiger partial charge < -0.3 is 9.47 Å².